The summed E-state index contributed by atoms with van der Waals surface area (Å²) >= 11 is 3.60. The summed E-state index contributed by atoms with van der Waals surface area (Å²) in [4.78, 5) is 4.25. The minimum atomic E-state index is 0.898. The number of allylic oxidation sites excluding steroid dienone is 1. The molecule has 0 amide bonds. The van der Waals surface area contributed by atoms with E-state index in [0.29, 0.717) is 0 Å². The summed E-state index contributed by atoms with van der Waals surface area (Å²) in [6.07, 6.45) is 7.02. The monoisotopic (exact) mass is 459 g/mol. The van der Waals surface area contributed by atoms with E-state index in [0.717, 1.165) is 11.5 Å². The van der Waals surface area contributed by atoms with Crippen LogP contribution in [0.2, 0.25) is 0 Å². The zero-order chi connectivity index (χ0) is 10.3. The van der Waals surface area contributed by atoms with Gasteiger partial charge in [-0.1, -0.05) is 13.8 Å². The van der Waals surface area contributed by atoms with E-state index in [1.54, 1.807) is 0 Å². The Balaban J connectivity index is 0.000000671. The van der Waals surface area contributed by atoms with Crippen molar-refractivity contribution in [3.8, 4) is 0 Å². The molecule has 0 aliphatic rings. The fraction of sp³-hybridized carbons (Fsp3) is 0.333. The van der Waals surface area contributed by atoms with E-state index in [1.807, 2.05) is 35.7 Å². The van der Waals surface area contributed by atoms with Crippen LogP contribution in [-0.4, -0.2) is 12.2 Å². The molecule has 0 unspecified atom stereocenters. The van der Waals surface area contributed by atoms with Crippen LogP contribution in [0.25, 0.3) is 6.08 Å². The summed E-state index contributed by atoms with van der Waals surface area (Å²) in [5, 5.41) is 0. The Morgan fingerprint density at radius 1 is 1.54 bits per heavy atom. The van der Waals surface area contributed by atoms with Crippen LogP contribution < -0.4 is 0 Å². The van der Waals surface area contributed by atoms with E-state index in [-0.39, 0.29) is 0 Å². The van der Waals surface area contributed by atoms with Crippen molar-refractivity contribution in [2.24, 2.45) is 0 Å². The van der Waals surface area contributed by atoms with Crippen LogP contribution >= 0.6 is 22.9 Å². The van der Waals surface area contributed by atoms with Crippen LogP contribution in [0, 0.1) is 13.1 Å². The molecule has 1 heterocycles. The zero-order valence-electron chi connectivity index (χ0n) is 7.91. The van der Waals surface area contributed by atoms with Gasteiger partial charge in [0.15, 0.2) is 0 Å². The molecular formula is C9H12IN2W-. The minimum absolute atomic E-state index is 0.898. The molecule has 0 atom stereocenters. The van der Waals surface area contributed by atoms with Gasteiger partial charge in [0.2, 0.25) is 0 Å². The third-order valence-corrected chi connectivity index (χ3v) is 2.62. The molecule has 0 saturated heterocycles. The molecule has 0 radical (unpaired) electrons. The first-order valence-electron chi connectivity index (χ1n) is 4.00. The molecule has 1 aromatic heterocycles. The average Bonchev–Trinajstić information content (AvgIpc) is 2.46. The Labute approximate surface area is 104 Å². The van der Waals surface area contributed by atoms with Crippen molar-refractivity contribution in [1.82, 2.24) is 7.76 Å². The second-order valence-electron chi connectivity index (χ2n) is 1.93. The van der Waals surface area contributed by atoms with E-state index in [4.69, 9.17) is 0 Å². The van der Waals surface area contributed by atoms with Gasteiger partial charge in [-0.3, -0.25) is 0 Å². The van der Waals surface area contributed by atoms with Gasteiger partial charge in [0, 0.05) is 0 Å². The SMILES string of the molecule is CC.Cc1nc(C=C[CH]=[W])[c-]n1I. The van der Waals surface area contributed by atoms with Gasteiger partial charge in [-0.05, 0) is 0 Å². The van der Waals surface area contributed by atoms with Gasteiger partial charge < -0.3 is 0 Å². The van der Waals surface area contributed by atoms with Crippen LogP contribution in [-0.2, 0) is 19.4 Å². The number of imidazole rings is 1. The van der Waals surface area contributed by atoms with Gasteiger partial charge in [0.05, 0.1) is 0 Å². The normalized spacial score (nSPS) is 9.54. The van der Waals surface area contributed by atoms with E-state index in [1.165, 1.54) is 19.4 Å². The van der Waals surface area contributed by atoms with Crippen molar-refractivity contribution >= 4 is 33.3 Å². The third-order valence-electron chi connectivity index (χ3n) is 1.11. The van der Waals surface area contributed by atoms with Gasteiger partial charge in [-0.25, -0.2) is 0 Å². The van der Waals surface area contributed by atoms with E-state index in [9.17, 15) is 0 Å². The second kappa shape index (κ2) is 7.62. The Hall–Kier alpha value is 0.238. The summed E-state index contributed by atoms with van der Waals surface area (Å²) in [5.41, 5.74) is 0.898. The van der Waals surface area contributed by atoms with Crippen LogP contribution in [0.4, 0.5) is 0 Å². The number of aryl methyl sites for hydroxylation is 1. The second-order valence-corrected chi connectivity index (χ2v) is 3.87. The standard InChI is InChI=1S/C7H6IN2.C2H6.W/c1-3-4-7-5-10(8)6(2)9-7;1-2;/h1,3-4H,2H3;1-2H3;/q-1;;. The van der Waals surface area contributed by atoms with Crippen LogP contribution in [0.3, 0.4) is 0 Å². The van der Waals surface area contributed by atoms with E-state index in [2.05, 4.69) is 38.4 Å². The van der Waals surface area contributed by atoms with Gasteiger partial charge in [-0.15, -0.1) is 0 Å². The fourth-order valence-corrected chi connectivity index (χ4v) is 1.27. The van der Waals surface area contributed by atoms with Crippen molar-refractivity contribution in [3.05, 3.63) is 23.8 Å². The fourth-order valence-electron chi connectivity index (χ4n) is 0.630. The maximum atomic E-state index is 4.25. The molecule has 0 spiro atoms. The number of halogens is 1. The van der Waals surface area contributed by atoms with Gasteiger partial charge >= 0.3 is 91.2 Å². The Morgan fingerprint density at radius 2 is 2.15 bits per heavy atom. The molecule has 0 aromatic carbocycles. The number of nitrogens with zero attached hydrogens (tertiary/aromatic N) is 2. The van der Waals surface area contributed by atoms with Gasteiger partial charge in [-0.2, -0.15) is 0 Å². The molecule has 0 bridgehead atoms. The molecule has 1 rings (SSSR count). The zero-order valence-corrected chi connectivity index (χ0v) is 13.0. The van der Waals surface area contributed by atoms with Gasteiger partial charge in [0.1, 0.15) is 0 Å². The molecule has 4 heteroatoms. The average molecular weight is 459 g/mol. The molecule has 2 nitrogen and oxygen atoms in total. The summed E-state index contributed by atoms with van der Waals surface area (Å²) in [5.74, 6) is 0.980. The first-order valence-corrected chi connectivity index (χ1v) is 6.66. The number of rotatable bonds is 2. The quantitative estimate of drug-likeness (QED) is 0.492. The molecular weight excluding hydrogens is 447 g/mol. The number of aromatic nitrogens is 2. The molecule has 0 aliphatic carbocycles. The Bertz CT molecular complexity index is 272. The van der Waals surface area contributed by atoms with E-state index < -0.39 is 0 Å². The topological polar surface area (TPSA) is 17.8 Å². The first-order chi connectivity index (χ1) is 6.24. The van der Waals surface area contributed by atoms with Crippen molar-refractivity contribution in [2.75, 3.05) is 0 Å². The molecule has 0 saturated carbocycles. The molecule has 0 fully saturated rings. The maximum absolute atomic E-state index is 4.25. The van der Waals surface area contributed by atoms with E-state index >= 15 is 0 Å². The van der Waals surface area contributed by atoms with Crippen LogP contribution in [0.15, 0.2) is 6.08 Å². The third kappa shape index (κ3) is 4.87. The molecule has 0 aliphatic heterocycles. The van der Waals surface area contributed by atoms with Crippen molar-refractivity contribution in [3.63, 3.8) is 0 Å². The molecule has 0 N–H and O–H groups in total. The van der Waals surface area contributed by atoms with Crippen molar-refractivity contribution < 1.29 is 19.4 Å². The Kier molecular flexibility index (Phi) is 7.76. The predicted molar refractivity (Wildman–Crippen MR) is 61.7 cm³/mol. The Morgan fingerprint density at radius 3 is 2.54 bits per heavy atom. The summed E-state index contributed by atoms with van der Waals surface area (Å²) < 4.78 is 3.91. The predicted octanol–water partition coefficient (Wildman–Crippen LogP) is 2.58. The number of hydrogen-bond acceptors (Lipinski definition) is 1. The molecule has 1 aromatic rings. The van der Waals surface area contributed by atoms with Crippen LogP contribution in [0.1, 0.15) is 25.4 Å². The summed E-state index contributed by atoms with van der Waals surface area (Å²) in [6.45, 7) is 5.96. The summed E-state index contributed by atoms with van der Waals surface area (Å²) in [6, 6.07) is 0. The number of hydrogen-bond donors (Lipinski definition) is 0. The molecule has 13 heavy (non-hydrogen) atoms. The van der Waals surface area contributed by atoms with Gasteiger partial charge in [0.25, 0.3) is 0 Å². The molecule has 72 valence electrons. The first kappa shape index (κ1) is 13.2. The van der Waals surface area contributed by atoms with Crippen molar-refractivity contribution in [2.45, 2.75) is 20.8 Å². The van der Waals surface area contributed by atoms with Crippen LogP contribution in [0.5, 0.6) is 0 Å². The van der Waals surface area contributed by atoms with Crippen molar-refractivity contribution in [1.29, 1.82) is 0 Å². The summed E-state index contributed by atoms with van der Waals surface area (Å²) in [7, 11) is 0.